The molecule has 1 rings (SSSR count). The molecule has 1 aromatic heterocycles. The number of carbonyl (C=O) groups is 1. The largest absolute Gasteiger partial charge is 0.363 e. The summed E-state index contributed by atoms with van der Waals surface area (Å²) in [5, 5.41) is 3.64. The van der Waals surface area contributed by atoms with Crippen LogP contribution in [-0.2, 0) is 7.05 Å². The first kappa shape index (κ1) is 9.61. The van der Waals surface area contributed by atoms with E-state index in [0.29, 0.717) is 0 Å². The SMILES string of the molecule is CC.Cn1ncnc1C(N)=O. The second-order valence-corrected chi connectivity index (χ2v) is 1.57. The minimum absolute atomic E-state index is 0.176. The Labute approximate surface area is 65.2 Å². The van der Waals surface area contributed by atoms with Gasteiger partial charge in [-0.2, -0.15) is 5.10 Å². The zero-order chi connectivity index (χ0) is 8.85. The van der Waals surface area contributed by atoms with Gasteiger partial charge in [0.2, 0.25) is 5.82 Å². The average Bonchev–Trinajstić information content (AvgIpc) is 2.39. The van der Waals surface area contributed by atoms with E-state index >= 15 is 0 Å². The number of aromatic nitrogens is 3. The van der Waals surface area contributed by atoms with Crippen molar-refractivity contribution >= 4 is 5.91 Å². The summed E-state index contributed by atoms with van der Waals surface area (Å²) >= 11 is 0. The van der Waals surface area contributed by atoms with Gasteiger partial charge in [0.15, 0.2) is 0 Å². The Morgan fingerprint density at radius 1 is 1.64 bits per heavy atom. The van der Waals surface area contributed by atoms with Gasteiger partial charge < -0.3 is 5.73 Å². The van der Waals surface area contributed by atoms with E-state index in [1.54, 1.807) is 7.05 Å². The Morgan fingerprint density at radius 2 is 2.18 bits per heavy atom. The second kappa shape index (κ2) is 4.43. The molecule has 5 heteroatoms. The molecule has 11 heavy (non-hydrogen) atoms. The van der Waals surface area contributed by atoms with Crippen molar-refractivity contribution in [1.82, 2.24) is 14.8 Å². The smallest absolute Gasteiger partial charge is 0.286 e. The highest BCUT2D eigenvalue weighted by molar-refractivity contribution is 5.88. The van der Waals surface area contributed by atoms with E-state index in [9.17, 15) is 4.79 Å². The van der Waals surface area contributed by atoms with Gasteiger partial charge in [-0.1, -0.05) is 13.8 Å². The summed E-state index contributed by atoms with van der Waals surface area (Å²) in [5.41, 5.74) is 4.90. The van der Waals surface area contributed by atoms with Crippen molar-refractivity contribution in [3.63, 3.8) is 0 Å². The van der Waals surface area contributed by atoms with Crippen LogP contribution >= 0.6 is 0 Å². The first-order valence-electron chi connectivity index (χ1n) is 3.35. The fourth-order valence-corrected chi connectivity index (χ4v) is 0.519. The Morgan fingerprint density at radius 3 is 2.36 bits per heavy atom. The molecule has 0 fully saturated rings. The summed E-state index contributed by atoms with van der Waals surface area (Å²) in [7, 11) is 1.60. The van der Waals surface area contributed by atoms with E-state index in [2.05, 4.69) is 10.1 Å². The van der Waals surface area contributed by atoms with Crippen molar-refractivity contribution in [3.8, 4) is 0 Å². The van der Waals surface area contributed by atoms with E-state index in [0.717, 1.165) is 0 Å². The van der Waals surface area contributed by atoms with Crippen molar-refractivity contribution in [3.05, 3.63) is 12.2 Å². The Hall–Kier alpha value is -1.39. The van der Waals surface area contributed by atoms with Gasteiger partial charge in [-0.15, -0.1) is 0 Å². The summed E-state index contributed by atoms with van der Waals surface area (Å²) in [6.45, 7) is 4.00. The maximum Gasteiger partial charge on any atom is 0.286 e. The van der Waals surface area contributed by atoms with Crippen molar-refractivity contribution in [2.24, 2.45) is 12.8 Å². The molecule has 1 amide bonds. The zero-order valence-electron chi connectivity index (χ0n) is 6.90. The molecule has 0 radical (unpaired) electrons. The Balaban J connectivity index is 0.000000461. The number of amides is 1. The number of aryl methyl sites for hydroxylation is 1. The molecule has 1 aromatic rings. The highest BCUT2D eigenvalue weighted by atomic mass is 16.1. The Kier molecular flexibility index (Phi) is 3.87. The fourth-order valence-electron chi connectivity index (χ4n) is 0.519. The standard InChI is InChI=1S/C4H6N4O.C2H6/c1-8-4(3(5)9)6-2-7-8;1-2/h2H,1H3,(H2,5,9);1-2H3. The topological polar surface area (TPSA) is 73.8 Å². The van der Waals surface area contributed by atoms with E-state index in [1.165, 1.54) is 11.0 Å². The van der Waals surface area contributed by atoms with Gasteiger partial charge in [-0.25, -0.2) is 9.67 Å². The molecule has 62 valence electrons. The van der Waals surface area contributed by atoms with E-state index in [1.807, 2.05) is 13.8 Å². The molecule has 0 aliphatic carbocycles. The van der Waals surface area contributed by atoms with Crippen LogP contribution in [0.15, 0.2) is 6.33 Å². The number of nitrogens with zero attached hydrogens (tertiary/aromatic N) is 3. The molecule has 0 saturated carbocycles. The molecular weight excluding hydrogens is 144 g/mol. The van der Waals surface area contributed by atoms with Crippen LogP contribution in [0, 0.1) is 0 Å². The molecular formula is C6H12N4O. The van der Waals surface area contributed by atoms with E-state index < -0.39 is 5.91 Å². The molecule has 0 unspecified atom stereocenters. The fraction of sp³-hybridized carbons (Fsp3) is 0.500. The molecule has 0 bridgehead atoms. The highest BCUT2D eigenvalue weighted by Crippen LogP contribution is 1.85. The molecule has 1 heterocycles. The van der Waals surface area contributed by atoms with E-state index in [-0.39, 0.29) is 5.82 Å². The maximum atomic E-state index is 10.4. The van der Waals surface area contributed by atoms with Gasteiger partial charge in [-0.05, 0) is 0 Å². The monoisotopic (exact) mass is 156 g/mol. The second-order valence-electron chi connectivity index (χ2n) is 1.57. The van der Waals surface area contributed by atoms with Gasteiger partial charge in [0, 0.05) is 7.05 Å². The van der Waals surface area contributed by atoms with Gasteiger partial charge in [0.25, 0.3) is 5.91 Å². The number of hydrogen-bond acceptors (Lipinski definition) is 3. The van der Waals surface area contributed by atoms with Crippen LogP contribution in [0.1, 0.15) is 24.5 Å². The van der Waals surface area contributed by atoms with Gasteiger partial charge in [0.1, 0.15) is 6.33 Å². The first-order valence-corrected chi connectivity index (χ1v) is 3.35. The quantitative estimate of drug-likeness (QED) is 0.619. The normalized spacial score (nSPS) is 8.27. The van der Waals surface area contributed by atoms with Gasteiger partial charge >= 0.3 is 0 Å². The minimum Gasteiger partial charge on any atom is -0.363 e. The van der Waals surface area contributed by atoms with Crippen LogP contribution in [-0.4, -0.2) is 20.7 Å². The molecule has 5 nitrogen and oxygen atoms in total. The number of primary amides is 1. The Bertz CT molecular complexity index is 230. The third kappa shape index (κ3) is 2.37. The number of carbonyl (C=O) groups excluding carboxylic acids is 1. The van der Waals surface area contributed by atoms with Gasteiger partial charge in [0.05, 0.1) is 0 Å². The lowest BCUT2D eigenvalue weighted by Crippen LogP contribution is -2.16. The first-order chi connectivity index (χ1) is 5.22. The van der Waals surface area contributed by atoms with Crippen LogP contribution in [0.5, 0.6) is 0 Å². The summed E-state index contributed by atoms with van der Waals surface area (Å²) in [6, 6.07) is 0. The summed E-state index contributed by atoms with van der Waals surface area (Å²) in [6.07, 6.45) is 1.28. The van der Waals surface area contributed by atoms with Crippen LogP contribution in [0.2, 0.25) is 0 Å². The molecule has 2 N–H and O–H groups in total. The summed E-state index contributed by atoms with van der Waals surface area (Å²) in [4.78, 5) is 14.0. The maximum absolute atomic E-state index is 10.4. The lowest BCUT2D eigenvalue weighted by atomic mass is 10.6. The molecule has 0 aliphatic heterocycles. The predicted octanol–water partition coefficient (Wildman–Crippen LogP) is -0.0598. The third-order valence-electron chi connectivity index (χ3n) is 0.932. The molecule has 0 saturated heterocycles. The number of rotatable bonds is 1. The lowest BCUT2D eigenvalue weighted by molar-refractivity contribution is 0.0986. The third-order valence-corrected chi connectivity index (χ3v) is 0.932. The van der Waals surface area contributed by atoms with E-state index in [4.69, 9.17) is 5.73 Å². The van der Waals surface area contributed by atoms with Crippen molar-refractivity contribution in [1.29, 1.82) is 0 Å². The highest BCUT2D eigenvalue weighted by Gasteiger charge is 2.04. The van der Waals surface area contributed by atoms with Crippen LogP contribution in [0.4, 0.5) is 0 Å². The van der Waals surface area contributed by atoms with Crippen LogP contribution in [0.3, 0.4) is 0 Å². The zero-order valence-corrected chi connectivity index (χ0v) is 6.90. The molecule has 0 aliphatic rings. The van der Waals surface area contributed by atoms with Crippen molar-refractivity contribution in [2.45, 2.75) is 13.8 Å². The molecule has 0 atom stereocenters. The minimum atomic E-state index is -0.560. The average molecular weight is 156 g/mol. The predicted molar refractivity (Wildman–Crippen MR) is 40.9 cm³/mol. The summed E-state index contributed by atoms with van der Waals surface area (Å²) in [5.74, 6) is -0.384. The number of hydrogen-bond donors (Lipinski definition) is 1. The molecule has 0 spiro atoms. The summed E-state index contributed by atoms with van der Waals surface area (Å²) < 4.78 is 1.32. The molecule has 0 aromatic carbocycles. The van der Waals surface area contributed by atoms with Crippen molar-refractivity contribution in [2.75, 3.05) is 0 Å². The van der Waals surface area contributed by atoms with Crippen LogP contribution < -0.4 is 5.73 Å². The van der Waals surface area contributed by atoms with Crippen molar-refractivity contribution < 1.29 is 4.79 Å². The van der Waals surface area contributed by atoms with Gasteiger partial charge in [-0.3, -0.25) is 4.79 Å². The lowest BCUT2D eigenvalue weighted by Gasteiger charge is -1.89. The number of nitrogens with two attached hydrogens (primary N) is 1. The van der Waals surface area contributed by atoms with Crippen LogP contribution in [0.25, 0.3) is 0 Å².